The standard InChI is InChI=1S/C12H23NO4S/c1-3-5-9-18(16,17)13-8-6-7-12(4-2,10-13)11(14)15/h3-10H2,1-2H3,(H,14,15). The maximum atomic E-state index is 12.1. The SMILES string of the molecule is CCCCS(=O)(=O)N1CCCC(CC)(C(=O)O)C1. The first-order chi connectivity index (χ1) is 8.38. The highest BCUT2D eigenvalue weighted by molar-refractivity contribution is 7.89. The van der Waals surface area contributed by atoms with Gasteiger partial charge in [0.05, 0.1) is 11.2 Å². The van der Waals surface area contributed by atoms with E-state index in [1.807, 2.05) is 13.8 Å². The summed E-state index contributed by atoms with van der Waals surface area (Å²) in [4.78, 5) is 11.4. The van der Waals surface area contributed by atoms with Crippen LogP contribution in [0.1, 0.15) is 46.0 Å². The summed E-state index contributed by atoms with van der Waals surface area (Å²) in [7, 11) is -3.29. The molecule has 0 aliphatic carbocycles. The number of nitrogens with zero attached hydrogens (tertiary/aromatic N) is 1. The average Bonchev–Trinajstić information content (AvgIpc) is 2.36. The third kappa shape index (κ3) is 3.23. The largest absolute Gasteiger partial charge is 0.481 e. The van der Waals surface area contributed by atoms with Gasteiger partial charge in [-0.2, -0.15) is 0 Å². The van der Waals surface area contributed by atoms with Crippen LogP contribution in [0, 0.1) is 5.41 Å². The van der Waals surface area contributed by atoms with E-state index >= 15 is 0 Å². The van der Waals surface area contributed by atoms with Gasteiger partial charge < -0.3 is 5.11 Å². The zero-order valence-corrected chi connectivity index (χ0v) is 12.0. The Bertz CT molecular complexity index is 393. The van der Waals surface area contributed by atoms with Gasteiger partial charge in [-0.25, -0.2) is 12.7 Å². The zero-order chi connectivity index (χ0) is 13.8. The fourth-order valence-corrected chi connectivity index (χ4v) is 4.16. The van der Waals surface area contributed by atoms with Crippen molar-refractivity contribution in [3.8, 4) is 0 Å². The van der Waals surface area contributed by atoms with Gasteiger partial charge >= 0.3 is 5.97 Å². The van der Waals surface area contributed by atoms with E-state index in [4.69, 9.17) is 0 Å². The van der Waals surface area contributed by atoms with E-state index in [9.17, 15) is 18.3 Å². The van der Waals surface area contributed by atoms with Gasteiger partial charge in [0, 0.05) is 13.1 Å². The van der Waals surface area contributed by atoms with Gasteiger partial charge in [0.2, 0.25) is 10.0 Å². The Morgan fingerprint density at radius 2 is 2.06 bits per heavy atom. The molecule has 0 aromatic rings. The Labute approximate surface area is 109 Å². The molecule has 1 aliphatic rings. The van der Waals surface area contributed by atoms with Gasteiger partial charge in [0.25, 0.3) is 0 Å². The molecule has 5 nitrogen and oxygen atoms in total. The minimum Gasteiger partial charge on any atom is -0.481 e. The molecule has 0 aromatic carbocycles. The fourth-order valence-electron chi connectivity index (χ4n) is 2.40. The van der Waals surface area contributed by atoms with Gasteiger partial charge in [-0.1, -0.05) is 20.3 Å². The molecule has 1 saturated heterocycles. The summed E-state index contributed by atoms with van der Waals surface area (Å²) in [6, 6.07) is 0. The number of carboxylic acid groups (broad SMARTS) is 1. The predicted octanol–water partition coefficient (Wildman–Crippen LogP) is 1.69. The molecule has 106 valence electrons. The number of piperidine rings is 1. The Morgan fingerprint density at radius 1 is 1.39 bits per heavy atom. The van der Waals surface area contributed by atoms with Crippen LogP contribution in [-0.4, -0.2) is 42.6 Å². The highest BCUT2D eigenvalue weighted by Crippen LogP contribution is 2.34. The molecule has 1 unspecified atom stereocenters. The number of hydrogen-bond acceptors (Lipinski definition) is 3. The second-order valence-electron chi connectivity index (χ2n) is 5.05. The summed E-state index contributed by atoms with van der Waals surface area (Å²) < 4.78 is 25.6. The van der Waals surface area contributed by atoms with Gasteiger partial charge in [-0.3, -0.25) is 4.79 Å². The molecule has 1 atom stereocenters. The summed E-state index contributed by atoms with van der Waals surface area (Å²) in [6.45, 7) is 4.35. The van der Waals surface area contributed by atoms with E-state index in [0.29, 0.717) is 32.2 Å². The molecule has 6 heteroatoms. The van der Waals surface area contributed by atoms with Crippen molar-refractivity contribution in [2.24, 2.45) is 5.41 Å². The minimum atomic E-state index is -3.29. The minimum absolute atomic E-state index is 0.128. The van der Waals surface area contributed by atoms with Gasteiger partial charge in [0.1, 0.15) is 0 Å². The van der Waals surface area contributed by atoms with Crippen LogP contribution in [-0.2, 0) is 14.8 Å². The maximum absolute atomic E-state index is 12.1. The molecule has 0 spiro atoms. The lowest BCUT2D eigenvalue weighted by molar-refractivity contribution is -0.151. The normalized spacial score (nSPS) is 26.1. The Kier molecular flexibility index (Phi) is 5.16. The molecule has 18 heavy (non-hydrogen) atoms. The van der Waals surface area contributed by atoms with E-state index in [-0.39, 0.29) is 12.3 Å². The molecule has 0 radical (unpaired) electrons. The molecule has 0 aromatic heterocycles. The molecule has 0 bridgehead atoms. The van der Waals surface area contributed by atoms with E-state index in [1.54, 1.807) is 0 Å². The third-order valence-electron chi connectivity index (χ3n) is 3.82. The molecule has 0 amide bonds. The summed E-state index contributed by atoms with van der Waals surface area (Å²) in [5, 5.41) is 9.33. The fraction of sp³-hybridized carbons (Fsp3) is 0.917. The lowest BCUT2D eigenvalue weighted by Gasteiger charge is -2.38. The Hall–Kier alpha value is -0.620. The van der Waals surface area contributed by atoms with Crippen molar-refractivity contribution in [3.05, 3.63) is 0 Å². The predicted molar refractivity (Wildman–Crippen MR) is 69.9 cm³/mol. The number of unbranched alkanes of at least 4 members (excludes halogenated alkanes) is 1. The molecule has 1 heterocycles. The highest BCUT2D eigenvalue weighted by Gasteiger charge is 2.43. The number of aliphatic carboxylic acids is 1. The summed E-state index contributed by atoms with van der Waals surface area (Å²) in [5.41, 5.74) is -0.891. The number of rotatable bonds is 6. The van der Waals surface area contributed by atoms with Crippen LogP contribution >= 0.6 is 0 Å². The third-order valence-corrected chi connectivity index (χ3v) is 5.72. The molecule has 1 fully saturated rings. The highest BCUT2D eigenvalue weighted by atomic mass is 32.2. The van der Waals surface area contributed by atoms with Crippen LogP contribution in [0.15, 0.2) is 0 Å². The van der Waals surface area contributed by atoms with Crippen LogP contribution in [0.3, 0.4) is 0 Å². The lowest BCUT2D eigenvalue weighted by Crippen LogP contribution is -2.50. The van der Waals surface area contributed by atoms with Gasteiger partial charge in [0.15, 0.2) is 0 Å². The Balaban J connectivity index is 2.83. The van der Waals surface area contributed by atoms with Crippen molar-refractivity contribution in [1.82, 2.24) is 4.31 Å². The molecule has 1 N–H and O–H groups in total. The van der Waals surface area contributed by atoms with Gasteiger partial charge in [-0.05, 0) is 25.7 Å². The summed E-state index contributed by atoms with van der Waals surface area (Å²) >= 11 is 0. The number of carboxylic acids is 1. The summed E-state index contributed by atoms with van der Waals surface area (Å²) in [6.07, 6.45) is 3.13. The monoisotopic (exact) mass is 277 g/mol. The quantitative estimate of drug-likeness (QED) is 0.801. The summed E-state index contributed by atoms with van der Waals surface area (Å²) in [5.74, 6) is -0.747. The first-order valence-corrected chi connectivity index (χ1v) is 8.20. The molecular formula is C12H23NO4S. The van der Waals surface area contributed by atoms with Crippen LogP contribution in [0.5, 0.6) is 0 Å². The molecule has 0 saturated carbocycles. The smallest absolute Gasteiger partial charge is 0.310 e. The van der Waals surface area contributed by atoms with Crippen molar-refractivity contribution in [2.75, 3.05) is 18.8 Å². The first kappa shape index (κ1) is 15.4. The van der Waals surface area contributed by atoms with Crippen molar-refractivity contribution < 1.29 is 18.3 Å². The van der Waals surface area contributed by atoms with Crippen LogP contribution in [0.25, 0.3) is 0 Å². The van der Waals surface area contributed by atoms with E-state index in [1.165, 1.54) is 4.31 Å². The lowest BCUT2D eigenvalue weighted by atomic mass is 9.78. The van der Waals surface area contributed by atoms with E-state index in [2.05, 4.69) is 0 Å². The second-order valence-corrected chi connectivity index (χ2v) is 7.13. The van der Waals surface area contributed by atoms with Crippen molar-refractivity contribution >= 4 is 16.0 Å². The topological polar surface area (TPSA) is 74.7 Å². The van der Waals surface area contributed by atoms with Crippen molar-refractivity contribution in [3.63, 3.8) is 0 Å². The van der Waals surface area contributed by atoms with Crippen molar-refractivity contribution in [1.29, 1.82) is 0 Å². The zero-order valence-electron chi connectivity index (χ0n) is 11.2. The number of sulfonamides is 1. The van der Waals surface area contributed by atoms with E-state index < -0.39 is 21.4 Å². The van der Waals surface area contributed by atoms with E-state index in [0.717, 1.165) is 6.42 Å². The first-order valence-electron chi connectivity index (χ1n) is 6.59. The number of hydrogen-bond donors (Lipinski definition) is 1. The van der Waals surface area contributed by atoms with Gasteiger partial charge in [-0.15, -0.1) is 0 Å². The van der Waals surface area contributed by atoms with Crippen molar-refractivity contribution in [2.45, 2.75) is 46.0 Å². The van der Waals surface area contributed by atoms with Crippen LogP contribution in [0.2, 0.25) is 0 Å². The molecular weight excluding hydrogens is 254 g/mol. The average molecular weight is 277 g/mol. The van der Waals surface area contributed by atoms with Crippen LogP contribution < -0.4 is 0 Å². The maximum Gasteiger partial charge on any atom is 0.310 e. The molecule has 1 aliphatic heterocycles. The molecule has 1 rings (SSSR count). The second kappa shape index (κ2) is 6.02. The Morgan fingerprint density at radius 3 is 2.56 bits per heavy atom. The number of carbonyl (C=O) groups is 1. The van der Waals surface area contributed by atoms with Crippen LogP contribution in [0.4, 0.5) is 0 Å².